The van der Waals surface area contributed by atoms with Crippen molar-refractivity contribution in [3.05, 3.63) is 50.5 Å². The number of nitrogens with zero attached hydrogens (tertiary/aromatic N) is 1. The van der Waals surface area contributed by atoms with E-state index in [-0.39, 0.29) is 39.6 Å². The van der Waals surface area contributed by atoms with Crippen molar-refractivity contribution in [2.45, 2.75) is 25.2 Å². The number of allylic oxidation sites excluding steroid dienone is 3. The summed E-state index contributed by atoms with van der Waals surface area (Å²) in [5, 5.41) is 10.0. The predicted molar refractivity (Wildman–Crippen MR) is 97.3 cm³/mol. The maximum Gasteiger partial charge on any atom is 0.205 e. The van der Waals surface area contributed by atoms with E-state index in [1.807, 2.05) is 6.07 Å². The van der Waals surface area contributed by atoms with Crippen molar-refractivity contribution in [2.24, 2.45) is 5.73 Å². The van der Waals surface area contributed by atoms with Crippen molar-refractivity contribution in [1.82, 2.24) is 0 Å². The van der Waals surface area contributed by atoms with Gasteiger partial charge >= 0.3 is 0 Å². The smallest absolute Gasteiger partial charge is 0.205 e. The third-order valence-electron chi connectivity index (χ3n) is 4.26. The molecule has 1 atom stereocenters. The van der Waals surface area contributed by atoms with Crippen LogP contribution in [0.1, 0.15) is 30.7 Å². The summed E-state index contributed by atoms with van der Waals surface area (Å²) in [6.07, 6.45) is 6.85. The first-order chi connectivity index (χ1) is 12.5. The second-order valence-electron chi connectivity index (χ2n) is 5.84. The standard InChI is InChI=1S/C19H14Cl2N2O3/c1-2-6-25-18-12(20)7-10(8-13(18)21)16-11(9-22)19(23)26-15-5-3-4-14(24)17(15)16/h1,7-8,16H,3-6,23H2. The molecule has 2 N–H and O–H groups in total. The van der Waals surface area contributed by atoms with Gasteiger partial charge in [-0.25, -0.2) is 0 Å². The minimum atomic E-state index is -0.673. The number of nitrogens with two attached hydrogens (primary N) is 1. The van der Waals surface area contributed by atoms with E-state index in [0.717, 1.165) is 0 Å². The Morgan fingerprint density at radius 1 is 1.35 bits per heavy atom. The van der Waals surface area contributed by atoms with Gasteiger partial charge in [0.25, 0.3) is 0 Å². The van der Waals surface area contributed by atoms with Crippen LogP contribution in [-0.2, 0) is 9.53 Å². The van der Waals surface area contributed by atoms with E-state index in [2.05, 4.69) is 5.92 Å². The maximum absolute atomic E-state index is 12.5. The zero-order chi connectivity index (χ0) is 18.8. The van der Waals surface area contributed by atoms with Crippen LogP contribution in [0.4, 0.5) is 0 Å². The maximum atomic E-state index is 12.5. The predicted octanol–water partition coefficient (Wildman–Crippen LogP) is 3.82. The number of ether oxygens (including phenoxy) is 2. The molecule has 0 saturated heterocycles. The number of terminal acetylenes is 1. The summed E-state index contributed by atoms with van der Waals surface area (Å²) in [7, 11) is 0. The van der Waals surface area contributed by atoms with E-state index in [4.69, 9.17) is 44.8 Å². The molecule has 0 saturated carbocycles. The Hall–Kier alpha value is -2.60. The van der Waals surface area contributed by atoms with Crippen LogP contribution in [0.15, 0.2) is 34.9 Å². The molecule has 1 aromatic rings. The number of carbonyl (C=O) groups excluding carboxylic acids is 1. The summed E-state index contributed by atoms with van der Waals surface area (Å²) in [6, 6.07) is 5.25. The number of hydrogen-bond donors (Lipinski definition) is 1. The molecule has 2 aliphatic rings. The highest BCUT2D eigenvalue weighted by Gasteiger charge is 2.38. The second kappa shape index (κ2) is 7.33. The SMILES string of the molecule is C#CCOc1c(Cl)cc(C2C(C#N)=C(N)OC3=C2C(=O)CCC3)cc1Cl. The first-order valence-corrected chi connectivity index (χ1v) is 8.62. The molecule has 1 aliphatic carbocycles. The molecule has 1 aromatic carbocycles. The Kier molecular flexibility index (Phi) is 5.13. The Morgan fingerprint density at radius 3 is 2.65 bits per heavy atom. The highest BCUT2D eigenvalue weighted by molar-refractivity contribution is 6.37. The highest BCUT2D eigenvalue weighted by atomic mass is 35.5. The van der Waals surface area contributed by atoms with E-state index in [1.165, 1.54) is 0 Å². The third kappa shape index (κ3) is 3.12. The fraction of sp³-hybridized carbons (Fsp3) is 0.263. The van der Waals surface area contributed by atoms with Crippen LogP contribution in [0.3, 0.4) is 0 Å². The first kappa shape index (κ1) is 18.2. The number of Topliss-reactive ketones (excluding diaryl/α,β-unsaturated/α-hetero) is 1. The van der Waals surface area contributed by atoms with Crippen molar-refractivity contribution >= 4 is 29.0 Å². The Balaban J connectivity index is 2.14. The molecule has 0 amide bonds. The molecule has 1 aliphatic heterocycles. The van der Waals surface area contributed by atoms with Crippen LogP contribution in [0.25, 0.3) is 0 Å². The van der Waals surface area contributed by atoms with Gasteiger partial charge in [0.05, 0.1) is 16.0 Å². The van der Waals surface area contributed by atoms with E-state index in [9.17, 15) is 10.1 Å². The van der Waals surface area contributed by atoms with E-state index >= 15 is 0 Å². The van der Waals surface area contributed by atoms with Gasteiger partial charge in [-0.2, -0.15) is 5.26 Å². The molecule has 0 fully saturated rings. The van der Waals surface area contributed by atoms with Gasteiger partial charge in [0, 0.05) is 18.4 Å². The lowest BCUT2D eigenvalue weighted by Gasteiger charge is -2.31. The van der Waals surface area contributed by atoms with Crippen LogP contribution in [0, 0.1) is 23.7 Å². The van der Waals surface area contributed by atoms with Gasteiger partial charge in [0.2, 0.25) is 5.88 Å². The second-order valence-corrected chi connectivity index (χ2v) is 6.66. The summed E-state index contributed by atoms with van der Waals surface area (Å²) in [5.74, 6) is 2.34. The van der Waals surface area contributed by atoms with E-state index < -0.39 is 5.92 Å². The fourth-order valence-electron chi connectivity index (χ4n) is 3.19. The van der Waals surface area contributed by atoms with Gasteiger partial charge in [-0.05, 0) is 24.1 Å². The largest absolute Gasteiger partial charge is 0.478 e. The topological polar surface area (TPSA) is 85.3 Å². The zero-order valence-corrected chi connectivity index (χ0v) is 15.2. The van der Waals surface area contributed by atoms with Crippen LogP contribution >= 0.6 is 23.2 Å². The van der Waals surface area contributed by atoms with Crippen molar-refractivity contribution in [1.29, 1.82) is 5.26 Å². The number of nitriles is 1. The van der Waals surface area contributed by atoms with Crippen LogP contribution in [0.5, 0.6) is 5.75 Å². The number of carbonyl (C=O) groups is 1. The molecule has 7 heteroatoms. The molecule has 5 nitrogen and oxygen atoms in total. The van der Waals surface area contributed by atoms with Crippen LogP contribution < -0.4 is 10.5 Å². The Morgan fingerprint density at radius 2 is 2.04 bits per heavy atom. The average molecular weight is 389 g/mol. The summed E-state index contributed by atoms with van der Waals surface area (Å²) in [6.45, 7) is 0.0140. The first-order valence-electron chi connectivity index (χ1n) is 7.87. The van der Waals surface area contributed by atoms with Crippen molar-refractivity contribution < 1.29 is 14.3 Å². The van der Waals surface area contributed by atoms with Crippen LogP contribution in [-0.4, -0.2) is 12.4 Å². The summed E-state index contributed by atoms with van der Waals surface area (Å²) in [5.41, 5.74) is 7.08. The van der Waals surface area contributed by atoms with Crippen molar-refractivity contribution in [3.63, 3.8) is 0 Å². The van der Waals surface area contributed by atoms with Gasteiger partial charge in [0.15, 0.2) is 11.5 Å². The zero-order valence-electron chi connectivity index (χ0n) is 13.6. The van der Waals surface area contributed by atoms with Gasteiger partial charge in [-0.3, -0.25) is 4.79 Å². The normalized spacial score (nSPS) is 19.4. The molecular formula is C19H14Cl2N2O3. The number of rotatable bonds is 3. The van der Waals surface area contributed by atoms with Gasteiger partial charge < -0.3 is 15.2 Å². The molecule has 26 heavy (non-hydrogen) atoms. The molecule has 0 aromatic heterocycles. The highest BCUT2D eigenvalue weighted by Crippen LogP contribution is 2.46. The lowest BCUT2D eigenvalue weighted by molar-refractivity contribution is -0.116. The minimum absolute atomic E-state index is 0.00847. The molecule has 1 heterocycles. The summed E-state index contributed by atoms with van der Waals surface area (Å²) < 4.78 is 10.9. The minimum Gasteiger partial charge on any atom is -0.478 e. The number of halogens is 2. The van der Waals surface area contributed by atoms with Gasteiger partial charge in [-0.15, -0.1) is 6.42 Å². The molecular weight excluding hydrogens is 375 g/mol. The molecule has 0 spiro atoms. The van der Waals surface area contributed by atoms with Gasteiger partial charge in [0.1, 0.15) is 24.0 Å². The number of hydrogen-bond acceptors (Lipinski definition) is 5. The molecule has 0 radical (unpaired) electrons. The number of benzene rings is 1. The quantitative estimate of drug-likeness (QED) is 0.795. The summed E-state index contributed by atoms with van der Waals surface area (Å²) in [4.78, 5) is 12.5. The summed E-state index contributed by atoms with van der Waals surface area (Å²) >= 11 is 12.6. The molecule has 132 valence electrons. The van der Waals surface area contributed by atoms with Crippen LogP contribution in [0.2, 0.25) is 10.0 Å². The van der Waals surface area contributed by atoms with E-state index in [0.29, 0.717) is 36.2 Å². The average Bonchev–Trinajstić information content (AvgIpc) is 2.60. The van der Waals surface area contributed by atoms with Crippen molar-refractivity contribution in [3.8, 4) is 24.2 Å². The van der Waals surface area contributed by atoms with E-state index in [1.54, 1.807) is 12.1 Å². The molecule has 1 unspecified atom stereocenters. The van der Waals surface area contributed by atoms with Gasteiger partial charge in [-0.1, -0.05) is 29.1 Å². The van der Waals surface area contributed by atoms with Crippen molar-refractivity contribution in [2.75, 3.05) is 6.61 Å². The lowest BCUT2D eigenvalue weighted by atomic mass is 9.77. The number of ketones is 1. The third-order valence-corrected chi connectivity index (χ3v) is 4.82. The Bertz CT molecular complexity index is 912. The fourth-order valence-corrected chi connectivity index (χ4v) is 3.80. The monoisotopic (exact) mass is 388 g/mol. The lowest BCUT2D eigenvalue weighted by Crippen LogP contribution is -2.27. The Labute approximate surface area is 161 Å². The molecule has 0 bridgehead atoms. The molecule has 3 rings (SSSR count).